The number of carbonyl (C=O) groups is 2. The summed E-state index contributed by atoms with van der Waals surface area (Å²) in [5, 5.41) is 12.0. The fourth-order valence-electron chi connectivity index (χ4n) is 2.89. The number of aromatic nitrogens is 1. The zero-order valence-electron chi connectivity index (χ0n) is 11.9. The number of carboxylic acid groups (broad SMARTS) is 1. The Kier molecular flexibility index (Phi) is 3.96. The minimum Gasteiger partial charge on any atom is -0.480 e. The number of rotatable bonds is 7. The number of H-pyrrole nitrogens is 1. The van der Waals surface area contributed by atoms with Gasteiger partial charge in [0.25, 0.3) is 5.91 Å². The summed E-state index contributed by atoms with van der Waals surface area (Å²) in [6, 6.07) is 2.20. The third kappa shape index (κ3) is 3.64. The van der Waals surface area contributed by atoms with Crippen LogP contribution in [0.5, 0.6) is 0 Å². The second kappa shape index (κ2) is 5.89. The molecule has 0 unspecified atom stereocenters. The number of aromatic amines is 1. The first-order chi connectivity index (χ1) is 10.1. The van der Waals surface area contributed by atoms with Crippen molar-refractivity contribution in [3.8, 4) is 0 Å². The standard InChI is InChI=1S/C15H21N3O3/c19-14(20)9-18(8-10-1-2-10)13-5-12(6-13)17-15(21)11-3-4-16-7-11/h3-4,7,10,12-13,16H,1-2,5-6,8-9H2,(H,17,21)(H,19,20). The Labute approximate surface area is 123 Å². The molecule has 114 valence electrons. The lowest BCUT2D eigenvalue weighted by atomic mass is 9.85. The van der Waals surface area contributed by atoms with Gasteiger partial charge in [0, 0.05) is 31.0 Å². The molecule has 3 rings (SSSR count). The summed E-state index contributed by atoms with van der Waals surface area (Å²) in [5.74, 6) is -0.153. The number of nitrogens with one attached hydrogen (secondary N) is 2. The van der Waals surface area contributed by atoms with E-state index in [-0.39, 0.29) is 18.5 Å². The summed E-state index contributed by atoms with van der Waals surface area (Å²) < 4.78 is 0. The smallest absolute Gasteiger partial charge is 0.317 e. The molecule has 2 aliphatic carbocycles. The third-order valence-electron chi connectivity index (χ3n) is 4.35. The topological polar surface area (TPSA) is 85.4 Å². The lowest BCUT2D eigenvalue weighted by molar-refractivity contribution is -0.139. The van der Waals surface area contributed by atoms with Gasteiger partial charge in [-0.25, -0.2) is 0 Å². The quantitative estimate of drug-likeness (QED) is 0.701. The van der Waals surface area contributed by atoms with Crippen molar-refractivity contribution >= 4 is 11.9 Å². The lowest BCUT2D eigenvalue weighted by Gasteiger charge is -2.42. The first-order valence-electron chi connectivity index (χ1n) is 7.51. The Morgan fingerprint density at radius 1 is 1.38 bits per heavy atom. The molecule has 21 heavy (non-hydrogen) atoms. The van der Waals surface area contributed by atoms with Crippen LogP contribution in [0.25, 0.3) is 0 Å². The van der Waals surface area contributed by atoms with Gasteiger partial charge >= 0.3 is 5.97 Å². The van der Waals surface area contributed by atoms with Gasteiger partial charge in [0.15, 0.2) is 0 Å². The first kappa shape index (κ1) is 14.1. The Hall–Kier alpha value is -1.82. The van der Waals surface area contributed by atoms with E-state index in [0.717, 1.165) is 19.4 Å². The zero-order chi connectivity index (χ0) is 14.8. The lowest BCUT2D eigenvalue weighted by Crippen LogP contribution is -2.55. The van der Waals surface area contributed by atoms with Crippen LogP contribution in [-0.2, 0) is 4.79 Å². The van der Waals surface area contributed by atoms with Crippen molar-refractivity contribution in [2.45, 2.75) is 37.8 Å². The van der Waals surface area contributed by atoms with Crippen molar-refractivity contribution in [1.29, 1.82) is 0 Å². The maximum absolute atomic E-state index is 11.9. The Bertz CT molecular complexity index is 504. The average molecular weight is 291 g/mol. The second-order valence-electron chi connectivity index (χ2n) is 6.16. The molecule has 0 aromatic carbocycles. The molecule has 1 amide bonds. The van der Waals surface area contributed by atoms with Gasteiger partial charge in [0.1, 0.15) is 0 Å². The highest BCUT2D eigenvalue weighted by molar-refractivity contribution is 5.94. The molecule has 2 aliphatic rings. The zero-order valence-corrected chi connectivity index (χ0v) is 11.9. The summed E-state index contributed by atoms with van der Waals surface area (Å²) in [5.41, 5.74) is 0.638. The van der Waals surface area contributed by atoms with Crippen LogP contribution >= 0.6 is 0 Å². The minimum absolute atomic E-state index is 0.0633. The van der Waals surface area contributed by atoms with Crippen molar-refractivity contribution < 1.29 is 14.7 Å². The average Bonchev–Trinajstić information content (AvgIpc) is 3.03. The second-order valence-corrected chi connectivity index (χ2v) is 6.16. The van der Waals surface area contributed by atoms with E-state index in [2.05, 4.69) is 15.2 Å². The number of carbonyl (C=O) groups excluding carboxylic acids is 1. The van der Waals surface area contributed by atoms with Gasteiger partial charge in [0.05, 0.1) is 12.1 Å². The van der Waals surface area contributed by atoms with Gasteiger partial charge < -0.3 is 15.4 Å². The monoisotopic (exact) mass is 291 g/mol. The molecule has 1 heterocycles. The summed E-state index contributed by atoms with van der Waals surface area (Å²) in [7, 11) is 0. The molecule has 6 nitrogen and oxygen atoms in total. The molecule has 0 saturated heterocycles. The highest BCUT2D eigenvalue weighted by Gasteiger charge is 2.37. The van der Waals surface area contributed by atoms with Gasteiger partial charge in [0.2, 0.25) is 0 Å². The number of nitrogens with zero attached hydrogens (tertiary/aromatic N) is 1. The van der Waals surface area contributed by atoms with Gasteiger partial charge in [-0.05, 0) is 37.7 Å². The van der Waals surface area contributed by atoms with Crippen LogP contribution in [0.1, 0.15) is 36.0 Å². The number of hydrogen-bond acceptors (Lipinski definition) is 3. The van der Waals surface area contributed by atoms with Gasteiger partial charge in [-0.1, -0.05) is 0 Å². The fraction of sp³-hybridized carbons (Fsp3) is 0.600. The SMILES string of the molecule is O=C(O)CN(CC1CC1)C1CC(NC(=O)c2cc[nH]c2)C1. The van der Waals surface area contributed by atoms with Crippen LogP contribution in [-0.4, -0.2) is 52.0 Å². The molecular formula is C15H21N3O3. The molecule has 2 saturated carbocycles. The summed E-state index contributed by atoms with van der Waals surface area (Å²) >= 11 is 0. The summed E-state index contributed by atoms with van der Waals surface area (Å²) in [4.78, 5) is 27.8. The van der Waals surface area contributed by atoms with E-state index in [1.54, 1.807) is 18.5 Å². The van der Waals surface area contributed by atoms with Crippen LogP contribution < -0.4 is 5.32 Å². The maximum Gasteiger partial charge on any atom is 0.317 e. The van der Waals surface area contributed by atoms with E-state index >= 15 is 0 Å². The third-order valence-corrected chi connectivity index (χ3v) is 4.35. The molecule has 6 heteroatoms. The van der Waals surface area contributed by atoms with E-state index in [0.29, 0.717) is 17.5 Å². The predicted octanol–water partition coefficient (Wildman–Crippen LogP) is 1.07. The van der Waals surface area contributed by atoms with Crippen LogP contribution in [0, 0.1) is 5.92 Å². The number of carboxylic acids is 1. The Morgan fingerprint density at radius 2 is 2.14 bits per heavy atom. The normalized spacial score (nSPS) is 24.6. The van der Waals surface area contributed by atoms with E-state index < -0.39 is 5.97 Å². The van der Waals surface area contributed by atoms with Crippen molar-refractivity contribution in [1.82, 2.24) is 15.2 Å². The Morgan fingerprint density at radius 3 is 2.71 bits per heavy atom. The van der Waals surface area contributed by atoms with E-state index in [4.69, 9.17) is 5.11 Å². The molecular weight excluding hydrogens is 270 g/mol. The van der Waals surface area contributed by atoms with Gasteiger partial charge in [-0.15, -0.1) is 0 Å². The molecule has 2 fully saturated rings. The highest BCUT2D eigenvalue weighted by atomic mass is 16.4. The number of hydrogen-bond donors (Lipinski definition) is 3. The molecule has 3 N–H and O–H groups in total. The molecule has 1 aromatic rings. The molecule has 1 aromatic heterocycles. The van der Waals surface area contributed by atoms with Gasteiger partial charge in [-0.2, -0.15) is 0 Å². The number of amides is 1. The van der Waals surface area contributed by atoms with E-state index in [9.17, 15) is 9.59 Å². The molecule has 0 spiro atoms. The highest BCUT2D eigenvalue weighted by Crippen LogP contribution is 2.33. The number of aliphatic carboxylic acids is 1. The van der Waals surface area contributed by atoms with Crippen LogP contribution in [0.3, 0.4) is 0 Å². The van der Waals surface area contributed by atoms with Crippen LogP contribution in [0.4, 0.5) is 0 Å². The molecule has 0 atom stereocenters. The Balaban J connectivity index is 1.46. The minimum atomic E-state index is -0.768. The van der Waals surface area contributed by atoms with E-state index in [1.807, 2.05) is 0 Å². The molecule has 0 aliphatic heterocycles. The van der Waals surface area contributed by atoms with Crippen LogP contribution in [0.2, 0.25) is 0 Å². The van der Waals surface area contributed by atoms with Gasteiger partial charge in [-0.3, -0.25) is 14.5 Å². The maximum atomic E-state index is 11.9. The van der Waals surface area contributed by atoms with E-state index in [1.165, 1.54) is 12.8 Å². The van der Waals surface area contributed by atoms with Crippen LogP contribution in [0.15, 0.2) is 18.5 Å². The largest absolute Gasteiger partial charge is 0.480 e. The van der Waals surface area contributed by atoms with Crippen molar-refractivity contribution in [2.24, 2.45) is 5.92 Å². The fourth-order valence-corrected chi connectivity index (χ4v) is 2.89. The summed E-state index contributed by atoms with van der Waals surface area (Å²) in [6.07, 6.45) is 7.53. The summed E-state index contributed by atoms with van der Waals surface area (Å²) in [6.45, 7) is 0.995. The first-order valence-corrected chi connectivity index (χ1v) is 7.51. The molecule has 0 bridgehead atoms. The van der Waals surface area contributed by atoms with Crippen molar-refractivity contribution in [3.63, 3.8) is 0 Å². The van der Waals surface area contributed by atoms with Crippen molar-refractivity contribution in [3.05, 3.63) is 24.0 Å². The molecule has 0 radical (unpaired) electrons. The van der Waals surface area contributed by atoms with Crippen molar-refractivity contribution in [2.75, 3.05) is 13.1 Å². The predicted molar refractivity (Wildman–Crippen MR) is 77.0 cm³/mol.